The highest BCUT2D eigenvalue weighted by molar-refractivity contribution is 6.00. The van der Waals surface area contributed by atoms with E-state index in [9.17, 15) is 14.3 Å². The van der Waals surface area contributed by atoms with Crippen molar-refractivity contribution in [1.82, 2.24) is 10.2 Å². The molecule has 0 fully saturated rings. The summed E-state index contributed by atoms with van der Waals surface area (Å²) in [6.45, 7) is 9.07. The summed E-state index contributed by atoms with van der Waals surface area (Å²) in [6, 6.07) is 18.7. The van der Waals surface area contributed by atoms with Crippen molar-refractivity contribution in [3.63, 3.8) is 0 Å². The summed E-state index contributed by atoms with van der Waals surface area (Å²) in [6.07, 6.45) is 6.12. The third-order valence-corrected chi connectivity index (χ3v) is 7.33. The number of phenolic OH excluding ortho intramolecular Hbond substituents is 1. The molecule has 210 valence electrons. The third-order valence-electron chi connectivity index (χ3n) is 7.33. The van der Waals surface area contributed by atoms with Gasteiger partial charge in [0, 0.05) is 32.3 Å². The van der Waals surface area contributed by atoms with Crippen molar-refractivity contribution in [3.05, 3.63) is 106 Å². The number of nitrogens with zero attached hydrogens (tertiary/aromatic N) is 1. The number of rotatable bonds is 11. The zero-order chi connectivity index (χ0) is 28.5. The molecule has 0 spiro atoms. The van der Waals surface area contributed by atoms with Crippen LogP contribution in [0, 0.1) is 12.7 Å². The van der Waals surface area contributed by atoms with Gasteiger partial charge in [0.15, 0.2) is 0 Å². The van der Waals surface area contributed by atoms with E-state index in [0.717, 1.165) is 58.4 Å². The van der Waals surface area contributed by atoms with Crippen molar-refractivity contribution in [3.8, 4) is 11.5 Å². The number of fused-ring (bicyclic) bond motifs is 1. The van der Waals surface area contributed by atoms with Gasteiger partial charge < -0.3 is 20.1 Å². The fraction of sp³-hybridized carbons (Fsp3) is 0.324. The maximum Gasteiger partial charge on any atom is 0.246 e. The second-order valence-corrected chi connectivity index (χ2v) is 10.00. The van der Waals surface area contributed by atoms with Crippen LogP contribution >= 0.6 is 0 Å². The molecular formula is C34H39FN2O3. The van der Waals surface area contributed by atoms with Crippen LogP contribution in [0.4, 0.5) is 4.39 Å². The lowest BCUT2D eigenvalue weighted by Crippen LogP contribution is -2.29. The van der Waals surface area contributed by atoms with E-state index in [-0.39, 0.29) is 17.5 Å². The predicted octanol–water partition coefficient (Wildman–Crippen LogP) is 6.53. The van der Waals surface area contributed by atoms with Crippen molar-refractivity contribution >= 4 is 17.1 Å². The summed E-state index contributed by atoms with van der Waals surface area (Å²) < 4.78 is 19.9. The first kappa shape index (κ1) is 29.1. The number of hydrogen-bond acceptors (Lipinski definition) is 4. The molecule has 2 N–H and O–H groups in total. The van der Waals surface area contributed by atoms with Gasteiger partial charge in [0.2, 0.25) is 5.91 Å². The molecule has 0 bridgehead atoms. The van der Waals surface area contributed by atoms with Gasteiger partial charge >= 0.3 is 0 Å². The molecule has 0 unspecified atom stereocenters. The normalized spacial score (nSPS) is 13.3. The molecule has 0 saturated heterocycles. The molecule has 3 aromatic rings. The van der Waals surface area contributed by atoms with Crippen molar-refractivity contribution < 1.29 is 19.0 Å². The van der Waals surface area contributed by atoms with E-state index in [0.29, 0.717) is 32.8 Å². The second-order valence-electron chi connectivity index (χ2n) is 10.00. The monoisotopic (exact) mass is 542 g/mol. The maximum atomic E-state index is 13.9. The Morgan fingerprint density at radius 2 is 1.77 bits per heavy atom. The number of allylic oxidation sites excluding steroid dienone is 1. The Kier molecular flexibility index (Phi) is 10.1. The van der Waals surface area contributed by atoms with E-state index < -0.39 is 0 Å². The zero-order valence-corrected chi connectivity index (χ0v) is 23.7. The Morgan fingerprint density at radius 1 is 1.02 bits per heavy atom. The van der Waals surface area contributed by atoms with Gasteiger partial charge in [-0.3, -0.25) is 4.79 Å². The number of aromatic hydroxyl groups is 1. The molecule has 6 heteroatoms. The summed E-state index contributed by atoms with van der Waals surface area (Å²) in [5.41, 5.74) is 7.53. The lowest BCUT2D eigenvalue weighted by Gasteiger charge is -2.18. The number of nitrogens with one attached hydrogen (secondary N) is 1. The first-order chi connectivity index (χ1) is 19.4. The van der Waals surface area contributed by atoms with E-state index in [1.807, 2.05) is 57.2 Å². The molecular weight excluding hydrogens is 503 g/mol. The summed E-state index contributed by atoms with van der Waals surface area (Å²) >= 11 is 0. The average Bonchev–Trinajstić information content (AvgIpc) is 3.12. The highest BCUT2D eigenvalue weighted by atomic mass is 19.1. The van der Waals surface area contributed by atoms with E-state index in [2.05, 4.69) is 17.4 Å². The van der Waals surface area contributed by atoms with Crippen LogP contribution in [-0.4, -0.2) is 48.7 Å². The minimum Gasteiger partial charge on any atom is -0.508 e. The van der Waals surface area contributed by atoms with Crippen molar-refractivity contribution in [2.75, 3.05) is 32.8 Å². The summed E-state index contributed by atoms with van der Waals surface area (Å²) in [4.78, 5) is 13.8. The molecule has 40 heavy (non-hydrogen) atoms. The van der Waals surface area contributed by atoms with Gasteiger partial charge in [-0.25, -0.2) is 4.39 Å². The van der Waals surface area contributed by atoms with Gasteiger partial charge in [-0.1, -0.05) is 30.3 Å². The summed E-state index contributed by atoms with van der Waals surface area (Å²) in [5, 5.41) is 13.4. The molecule has 0 saturated carbocycles. The van der Waals surface area contributed by atoms with Gasteiger partial charge in [-0.15, -0.1) is 0 Å². The van der Waals surface area contributed by atoms with Gasteiger partial charge in [0.1, 0.15) is 23.9 Å². The Morgan fingerprint density at radius 3 is 2.50 bits per heavy atom. The average molecular weight is 543 g/mol. The largest absolute Gasteiger partial charge is 0.508 e. The molecule has 3 aromatic carbocycles. The Balaban J connectivity index is 1.48. The molecule has 0 radical (unpaired) electrons. The molecule has 1 aliphatic carbocycles. The van der Waals surface area contributed by atoms with E-state index in [1.54, 1.807) is 23.1 Å². The van der Waals surface area contributed by atoms with Crippen LogP contribution in [0.2, 0.25) is 0 Å². The van der Waals surface area contributed by atoms with Crippen molar-refractivity contribution in [2.24, 2.45) is 0 Å². The minimum atomic E-state index is -0.234. The van der Waals surface area contributed by atoms with Crippen LogP contribution in [-0.2, 0) is 11.2 Å². The first-order valence-corrected chi connectivity index (χ1v) is 14.1. The lowest BCUT2D eigenvalue weighted by atomic mass is 9.86. The van der Waals surface area contributed by atoms with Crippen LogP contribution in [0.1, 0.15) is 54.5 Å². The molecule has 0 heterocycles. The SMILES string of the molecule is CCN(CC)C(=O)/C=C/CNCCOc1ccc(C2=C(c3ccc(F)cc3C)CCCc3cc(O)ccc32)cc1. The second kappa shape index (κ2) is 13.9. The van der Waals surface area contributed by atoms with Gasteiger partial charge in [0.25, 0.3) is 0 Å². The summed E-state index contributed by atoms with van der Waals surface area (Å²) in [7, 11) is 0. The van der Waals surface area contributed by atoms with Crippen LogP contribution < -0.4 is 10.1 Å². The Labute approximate surface area is 237 Å². The molecule has 1 amide bonds. The highest BCUT2D eigenvalue weighted by Crippen LogP contribution is 2.41. The van der Waals surface area contributed by atoms with E-state index in [4.69, 9.17) is 4.74 Å². The number of ether oxygens (including phenoxy) is 1. The number of phenols is 1. The fourth-order valence-electron chi connectivity index (χ4n) is 5.28. The first-order valence-electron chi connectivity index (χ1n) is 14.1. The highest BCUT2D eigenvalue weighted by Gasteiger charge is 2.21. The van der Waals surface area contributed by atoms with E-state index >= 15 is 0 Å². The molecule has 4 rings (SSSR count). The minimum absolute atomic E-state index is 0.0316. The quantitative estimate of drug-likeness (QED) is 0.214. The number of carbonyl (C=O) groups is 1. The number of likely N-dealkylation sites (N-methyl/N-ethyl adjacent to an activating group) is 1. The van der Waals surface area contributed by atoms with Crippen LogP contribution in [0.15, 0.2) is 72.8 Å². The number of aryl methyl sites for hydroxylation is 2. The number of benzene rings is 3. The predicted molar refractivity (Wildman–Crippen MR) is 160 cm³/mol. The Bertz CT molecular complexity index is 1370. The van der Waals surface area contributed by atoms with Gasteiger partial charge in [0.05, 0.1) is 0 Å². The van der Waals surface area contributed by atoms with Crippen LogP contribution in [0.25, 0.3) is 11.1 Å². The number of hydrogen-bond donors (Lipinski definition) is 2. The smallest absolute Gasteiger partial charge is 0.246 e. The van der Waals surface area contributed by atoms with Crippen molar-refractivity contribution in [1.29, 1.82) is 0 Å². The number of amides is 1. The van der Waals surface area contributed by atoms with E-state index in [1.165, 1.54) is 11.6 Å². The fourth-order valence-corrected chi connectivity index (χ4v) is 5.28. The number of carbonyl (C=O) groups excluding carboxylic acids is 1. The van der Waals surface area contributed by atoms with Crippen LogP contribution in [0.5, 0.6) is 11.5 Å². The molecule has 0 aliphatic heterocycles. The lowest BCUT2D eigenvalue weighted by molar-refractivity contribution is -0.125. The van der Waals surface area contributed by atoms with Gasteiger partial charge in [-0.05, 0) is 115 Å². The maximum absolute atomic E-state index is 13.9. The molecule has 5 nitrogen and oxygen atoms in total. The molecule has 0 aromatic heterocycles. The van der Waals surface area contributed by atoms with Crippen LogP contribution in [0.3, 0.4) is 0 Å². The molecule has 1 aliphatic rings. The Hall–Kier alpha value is -3.90. The zero-order valence-electron chi connectivity index (χ0n) is 23.7. The van der Waals surface area contributed by atoms with Crippen molar-refractivity contribution in [2.45, 2.75) is 40.0 Å². The third kappa shape index (κ3) is 7.19. The summed E-state index contributed by atoms with van der Waals surface area (Å²) in [5.74, 6) is 0.840. The standard InChI is InChI=1S/C34H39FN2O3/c1-4-37(5-2)33(39)10-7-19-36-20-21-40-29-15-11-25(12-16-29)34-31-18-14-28(38)23-26(31)8-6-9-32(34)30-17-13-27(35)22-24(30)3/h7,10-18,22-23,36,38H,4-6,8-9,19-21H2,1-3H3/b10-7+. The molecule has 0 atom stereocenters. The number of halogens is 1. The topological polar surface area (TPSA) is 61.8 Å². The van der Waals surface area contributed by atoms with Gasteiger partial charge in [-0.2, -0.15) is 0 Å².